The molecule has 178 valence electrons. The van der Waals surface area contributed by atoms with E-state index in [4.69, 9.17) is 15.5 Å². The zero-order valence-electron chi connectivity index (χ0n) is 19.4. The molecule has 0 spiro atoms. The number of hydrogen-bond donors (Lipinski definition) is 2. The minimum atomic E-state index is -4.20. The summed E-state index contributed by atoms with van der Waals surface area (Å²) in [6.07, 6.45) is 2.04. The molecule has 0 saturated heterocycles. The Balaban J connectivity index is 1.74. The van der Waals surface area contributed by atoms with E-state index in [-0.39, 0.29) is 22.3 Å². The predicted molar refractivity (Wildman–Crippen MR) is 130 cm³/mol. The van der Waals surface area contributed by atoms with Crippen LogP contribution in [0.15, 0.2) is 59.6 Å². The van der Waals surface area contributed by atoms with E-state index in [1.807, 2.05) is 24.3 Å². The van der Waals surface area contributed by atoms with Gasteiger partial charge in [-0.05, 0) is 73.2 Å². The molecule has 0 radical (unpaired) electrons. The molecule has 1 aromatic carbocycles. The number of methoxy groups -OCH3 is 1. The van der Waals surface area contributed by atoms with Crippen molar-refractivity contribution in [1.29, 1.82) is 0 Å². The van der Waals surface area contributed by atoms with Crippen LogP contribution in [0.25, 0.3) is 11.3 Å². The second-order valence-corrected chi connectivity index (χ2v) is 10.4. The summed E-state index contributed by atoms with van der Waals surface area (Å²) in [5, 5.41) is -0.312. The molecule has 1 amide bonds. The number of anilines is 1. The first-order chi connectivity index (χ1) is 16.2. The van der Waals surface area contributed by atoms with Gasteiger partial charge in [-0.15, -0.1) is 0 Å². The molecule has 3 aromatic rings. The van der Waals surface area contributed by atoms with Gasteiger partial charge in [-0.3, -0.25) is 9.78 Å². The molecule has 2 heterocycles. The third-order valence-corrected chi connectivity index (χ3v) is 7.65. The highest BCUT2D eigenvalue weighted by atomic mass is 32.2. The largest absolute Gasteiger partial charge is 0.497 e. The van der Waals surface area contributed by atoms with Crippen molar-refractivity contribution in [1.82, 2.24) is 14.7 Å². The van der Waals surface area contributed by atoms with Crippen LogP contribution in [0.5, 0.6) is 5.75 Å². The third kappa shape index (κ3) is 4.75. The summed E-state index contributed by atoms with van der Waals surface area (Å²) in [6.45, 7) is 4.29. The van der Waals surface area contributed by atoms with Gasteiger partial charge in [0, 0.05) is 11.5 Å². The molecule has 34 heavy (non-hydrogen) atoms. The zero-order valence-corrected chi connectivity index (χ0v) is 20.2. The van der Waals surface area contributed by atoms with Crippen molar-refractivity contribution in [2.24, 2.45) is 11.8 Å². The van der Waals surface area contributed by atoms with E-state index in [1.165, 1.54) is 18.2 Å². The Morgan fingerprint density at radius 1 is 1.00 bits per heavy atom. The number of nitrogens with one attached hydrogen (secondary N) is 1. The molecule has 0 bridgehead atoms. The minimum absolute atomic E-state index is 0.0344. The van der Waals surface area contributed by atoms with Crippen molar-refractivity contribution in [3.8, 4) is 17.0 Å². The lowest BCUT2D eigenvalue weighted by Crippen LogP contribution is -2.33. The Labute approximate surface area is 199 Å². The maximum atomic E-state index is 13.2. The fraction of sp³-hybridized carbons (Fsp3) is 0.320. The molecule has 2 aromatic heterocycles. The predicted octanol–water partition coefficient (Wildman–Crippen LogP) is 4.00. The number of pyridine rings is 2. The summed E-state index contributed by atoms with van der Waals surface area (Å²) in [7, 11) is -2.59. The van der Waals surface area contributed by atoms with E-state index in [9.17, 15) is 13.2 Å². The fourth-order valence-corrected chi connectivity index (χ4v) is 5.58. The number of nitrogens with two attached hydrogens (primary N) is 1. The highest BCUT2D eigenvalue weighted by Crippen LogP contribution is 2.44. The normalized spacial score (nSPS) is 20.1. The fourth-order valence-electron chi connectivity index (χ4n) is 4.64. The van der Waals surface area contributed by atoms with Gasteiger partial charge in [-0.25, -0.2) is 9.71 Å². The highest BCUT2D eigenvalue weighted by Gasteiger charge is 2.36. The second-order valence-electron chi connectivity index (χ2n) is 8.75. The third-order valence-electron chi connectivity index (χ3n) is 6.42. The first kappa shape index (κ1) is 23.7. The van der Waals surface area contributed by atoms with Crippen molar-refractivity contribution in [3.63, 3.8) is 0 Å². The highest BCUT2D eigenvalue weighted by molar-refractivity contribution is 7.90. The lowest BCUT2D eigenvalue weighted by atomic mass is 9.85. The van der Waals surface area contributed by atoms with E-state index >= 15 is 0 Å². The van der Waals surface area contributed by atoms with Crippen LogP contribution in [0.4, 0.5) is 5.82 Å². The maximum Gasteiger partial charge on any atom is 0.281 e. The van der Waals surface area contributed by atoms with Crippen LogP contribution in [0, 0.1) is 11.8 Å². The van der Waals surface area contributed by atoms with E-state index < -0.39 is 15.9 Å². The number of rotatable bonds is 6. The molecular weight excluding hydrogens is 452 g/mol. The van der Waals surface area contributed by atoms with Crippen LogP contribution in [-0.4, -0.2) is 31.4 Å². The quantitative estimate of drug-likeness (QED) is 0.546. The first-order valence-electron chi connectivity index (χ1n) is 11.1. The summed E-state index contributed by atoms with van der Waals surface area (Å²) in [5.41, 5.74) is 8.06. The molecule has 3 N–H and O–H groups in total. The van der Waals surface area contributed by atoms with Crippen LogP contribution >= 0.6 is 0 Å². The van der Waals surface area contributed by atoms with Crippen LogP contribution in [0.2, 0.25) is 0 Å². The zero-order chi connectivity index (χ0) is 24.5. The van der Waals surface area contributed by atoms with Crippen molar-refractivity contribution in [2.75, 3.05) is 12.8 Å². The summed E-state index contributed by atoms with van der Waals surface area (Å²) >= 11 is 0. The van der Waals surface area contributed by atoms with Gasteiger partial charge < -0.3 is 10.5 Å². The number of sulfonamides is 1. The number of hydrogen-bond acceptors (Lipinski definition) is 7. The van der Waals surface area contributed by atoms with Crippen molar-refractivity contribution in [2.45, 2.75) is 37.6 Å². The number of benzene rings is 1. The Kier molecular flexibility index (Phi) is 6.56. The van der Waals surface area contributed by atoms with Gasteiger partial charge in [-0.1, -0.05) is 19.9 Å². The number of aromatic nitrogens is 2. The number of nitrogen functional groups attached to an aromatic ring is 1. The smallest absolute Gasteiger partial charge is 0.281 e. The molecule has 1 fully saturated rings. The number of carbonyl (C=O) groups is 1. The molecule has 4 rings (SSSR count). The Bertz CT molecular complexity index is 1300. The molecule has 1 saturated carbocycles. The van der Waals surface area contributed by atoms with Gasteiger partial charge >= 0.3 is 0 Å². The molecule has 0 aliphatic heterocycles. The lowest BCUT2D eigenvalue weighted by Gasteiger charge is -2.23. The van der Waals surface area contributed by atoms with Crippen LogP contribution in [-0.2, 0) is 10.0 Å². The van der Waals surface area contributed by atoms with Gasteiger partial charge in [0.15, 0.2) is 5.03 Å². The molecular formula is C25H28N4O4S. The Morgan fingerprint density at radius 2 is 1.68 bits per heavy atom. The van der Waals surface area contributed by atoms with Gasteiger partial charge in [0.25, 0.3) is 15.9 Å². The number of carbonyl (C=O) groups excluding carboxylic acids is 1. The van der Waals surface area contributed by atoms with Gasteiger partial charge in [0.1, 0.15) is 11.6 Å². The topological polar surface area (TPSA) is 124 Å². The standard InChI is InChI=1S/C25H28N4O4S/c1-15-7-8-16(2)23(15)24-19(13-14-20(27-24)17-9-11-18(33-3)12-10-17)25(30)29-34(31,32)22-6-4-5-21(26)28-22/h4-6,9-16,23H,7-8H2,1-3H3,(H2,26,28)(H,29,30)/t15-,16+,23?. The number of ether oxygens (including phenoxy) is 1. The summed E-state index contributed by atoms with van der Waals surface area (Å²) in [5.74, 6) is 0.708. The van der Waals surface area contributed by atoms with E-state index in [0.29, 0.717) is 23.2 Å². The number of amides is 1. The molecule has 1 aliphatic carbocycles. The van der Waals surface area contributed by atoms with Crippen molar-refractivity contribution in [3.05, 3.63) is 65.9 Å². The lowest BCUT2D eigenvalue weighted by molar-refractivity contribution is 0.0979. The van der Waals surface area contributed by atoms with Crippen molar-refractivity contribution < 1.29 is 17.9 Å². The Hall–Kier alpha value is -3.46. The molecule has 9 heteroatoms. The molecule has 1 aliphatic rings. The Morgan fingerprint density at radius 3 is 2.29 bits per heavy atom. The average molecular weight is 481 g/mol. The monoisotopic (exact) mass is 480 g/mol. The first-order valence-corrected chi connectivity index (χ1v) is 12.6. The minimum Gasteiger partial charge on any atom is -0.497 e. The van der Waals surface area contributed by atoms with E-state index in [2.05, 4.69) is 23.6 Å². The summed E-state index contributed by atoms with van der Waals surface area (Å²) in [4.78, 5) is 22.0. The van der Waals surface area contributed by atoms with E-state index in [0.717, 1.165) is 24.2 Å². The van der Waals surface area contributed by atoms with Gasteiger partial charge in [0.2, 0.25) is 0 Å². The van der Waals surface area contributed by atoms with Crippen LogP contribution in [0.1, 0.15) is 48.7 Å². The molecule has 1 unspecified atom stereocenters. The number of nitrogens with zero attached hydrogens (tertiary/aromatic N) is 2. The maximum absolute atomic E-state index is 13.2. The van der Waals surface area contributed by atoms with Crippen LogP contribution in [0.3, 0.4) is 0 Å². The molecule has 8 nitrogen and oxygen atoms in total. The second kappa shape index (κ2) is 9.42. The van der Waals surface area contributed by atoms with Gasteiger partial charge in [-0.2, -0.15) is 8.42 Å². The summed E-state index contributed by atoms with van der Waals surface area (Å²) in [6, 6.07) is 15.1. The SMILES string of the molecule is COc1ccc(-c2ccc(C(=O)NS(=O)(=O)c3cccc(N)n3)c(C3[C@H](C)CC[C@@H]3C)n2)cc1. The average Bonchev–Trinajstić information content (AvgIpc) is 3.16. The molecule has 3 atom stereocenters. The summed E-state index contributed by atoms with van der Waals surface area (Å²) < 4.78 is 33.0. The van der Waals surface area contributed by atoms with E-state index in [1.54, 1.807) is 19.2 Å². The van der Waals surface area contributed by atoms with Crippen LogP contribution < -0.4 is 15.2 Å². The van der Waals surface area contributed by atoms with Gasteiger partial charge in [0.05, 0.1) is 24.1 Å². The van der Waals surface area contributed by atoms with Crippen molar-refractivity contribution >= 4 is 21.7 Å².